The summed E-state index contributed by atoms with van der Waals surface area (Å²) in [6.45, 7) is 1.05. The van der Waals surface area contributed by atoms with Crippen molar-refractivity contribution in [1.82, 2.24) is 15.2 Å². The van der Waals surface area contributed by atoms with Gasteiger partial charge in [0.15, 0.2) is 0 Å². The topological polar surface area (TPSA) is 80.8 Å². The lowest BCUT2D eigenvalue weighted by Gasteiger charge is -2.23. The van der Waals surface area contributed by atoms with Crippen LogP contribution in [0.25, 0.3) is 0 Å². The molecular formula is C28H27N3O4S. The van der Waals surface area contributed by atoms with Crippen LogP contribution in [0.4, 0.5) is 0 Å². The number of methoxy groups -OCH3 is 2. The molecule has 3 aromatic carbocycles. The zero-order chi connectivity index (χ0) is 25.3. The maximum absolute atomic E-state index is 13.6. The molecule has 7 nitrogen and oxygen atoms in total. The van der Waals surface area contributed by atoms with Crippen molar-refractivity contribution in [2.45, 2.75) is 19.6 Å². The van der Waals surface area contributed by atoms with Crippen LogP contribution < -0.4 is 14.8 Å². The lowest BCUT2D eigenvalue weighted by atomic mass is 10.1. The smallest absolute Gasteiger partial charge is 0.271 e. The zero-order valence-electron chi connectivity index (χ0n) is 20.1. The molecule has 8 heteroatoms. The number of nitrogens with one attached hydrogen (secondary N) is 1. The van der Waals surface area contributed by atoms with Gasteiger partial charge in [0.25, 0.3) is 11.8 Å². The number of benzene rings is 3. The first-order chi connectivity index (χ1) is 17.6. The van der Waals surface area contributed by atoms with E-state index in [0.29, 0.717) is 40.9 Å². The molecule has 1 heterocycles. The van der Waals surface area contributed by atoms with Crippen molar-refractivity contribution in [2.24, 2.45) is 0 Å². The molecule has 1 N–H and O–H groups in total. The van der Waals surface area contributed by atoms with E-state index in [1.54, 1.807) is 35.6 Å². The largest absolute Gasteiger partial charge is 0.497 e. The third-order valence-electron chi connectivity index (χ3n) is 5.55. The fraction of sp³-hybridized carbons (Fsp3) is 0.179. The van der Waals surface area contributed by atoms with Gasteiger partial charge in [-0.3, -0.25) is 9.59 Å². The molecular weight excluding hydrogens is 474 g/mol. The second kappa shape index (κ2) is 12.0. The Balaban J connectivity index is 1.53. The molecule has 184 valence electrons. The maximum Gasteiger partial charge on any atom is 0.271 e. The molecule has 0 aliphatic heterocycles. The Morgan fingerprint density at radius 3 is 2.25 bits per heavy atom. The number of amides is 2. The van der Waals surface area contributed by atoms with Crippen molar-refractivity contribution in [3.05, 3.63) is 112 Å². The van der Waals surface area contributed by atoms with Crippen LogP contribution in [-0.4, -0.2) is 35.9 Å². The van der Waals surface area contributed by atoms with E-state index in [9.17, 15) is 9.59 Å². The summed E-state index contributed by atoms with van der Waals surface area (Å²) in [5.74, 6) is 0.573. The average molecular weight is 502 g/mol. The van der Waals surface area contributed by atoms with E-state index in [0.717, 1.165) is 11.1 Å². The lowest BCUT2D eigenvalue weighted by Crippen LogP contribution is -2.30. The van der Waals surface area contributed by atoms with Crippen LogP contribution >= 0.6 is 11.3 Å². The Kier molecular flexibility index (Phi) is 8.31. The third kappa shape index (κ3) is 6.28. The molecule has 0 atom stereocenters. The number of nitrogens with zero attached hydrogens (tertiary/aromatic N) is 2. The van der Waals surface area contributed by atoms with Gasteiger partial charge in [-0.2, -0.15) is 0 Å². The van der Waals surface area contributed by atoms with E-state index in [-0.39, 0.29) is 18.4 Å². The highest BCUT2D eigenvalue weighted by Crippen LogP contribution is 2.27. The molecule has 0 unspecified atom stereocenters. The second-order valence-corrected chi connectivity index (χ2v) is 8.95. The standard InChI is InChI=1S/C28H27N3O4S/c1-34-22-13-14-23(25(15-22)35-2)28(33)31(17-21-11-7-4-8-12-21)18-26-30-24(19-36-26)27(32)29-16-20-9-5-3-6-10-20/h3-15,19H,16-18H2,1-2H3,(H,29,32). The monoisotopic (exact) mass is 501 g/mol. The molecule has 36 heavy (non-hydrogen) atoms. The average Bonchev–Trinajstić information content (AvgIpc) is 3.40. The molecule has 4 aromatic rings. The summed E-state index contributed by atoms with van der Waals surface area (Å²) in [5, 5.41) is 5.27. The number of hydrogen-bond acceptors (Lipinski definition) is 6. The summed E-state index contributed by atoms with van der Waals surface area (Å²) in [6.07, 6.45) is 0. The highest BCUT2D eigenvalue weighted by Gasteiger charge is 2.22. The molecule has 4 rings (SSSR count). The molecule has 0 fully saturated rings. The van der Waals surface area contributed by atoms with Gasteiger partial charge in [-0.1, -0.05) is 60.7 Å². The molecule has 2 amide bonds. The van der Waals surface area contributed by atoms with E-state index in [2.05, 4.69) is 10.3 Å². The van der Waals surface area contributed by atoms with Crippen molar-refractivity contribution in [3.8, 4) is 11.5 Å². The number of carbonyl (C=O) groups excluding carboxylic acids is 2. The van der Waals surface area contributed by atoms with Gasteiger partial charge >= 0.3 is 0 Å². The molecule has 0 radical (unpaired) electrons. The zero-order valence-corrected chi connectivity index (χ0v) is 21.0. The van der Waals surface area contributed by atoms with Gasteiger partial charge in [-0.25, -0.2) is 4.98 Å². The van der Waals surface area contributed by atoms with Crippen molar-refractivity contribution in [2.75, 3.05) is 14.2 Å². The van der Waals surface area contributed by atoms with Crippen LogP contribution in [0.1, 0.15) is 37.0 Å². The molecule has 0 aliphatic rings. The van der Waals surface area contributed by atoms with Crippen LogP contribution in [0.2, 0.25) is 0 Å². The minimum absolute atomic E-state index is 0.205. The highest BCUT2D eigenvalue weighted by molar-refractivity contribution is 7.09. The van der Waals surface area contributed by atoms with Crippen molar-refractivity contribution in [3.63, 3.8) is 0 Å². The van der Waals surface area contributed by atoms with Gasteiger partial charge in [0.05, 0.1) is 26.3 Å². The predicted octanol–water partition coefficient (Wildman–Crippen LogP) is 4.93. The van der Waals surface area contributed by atoms with Gasteiger partial charge in [-0.15, -0.1) is 11.3 Å². The molecule has 0 bridgehead atoms. The Labute approximate surface area is 214 Å². The third-order valence-corrected chi connectivity index (χ3v) is 6.38. The van der Waals surface area contributed by atoms with E-state index < -0.39 is 0 Å². The first-order valence-corrected chi connectivity index (χ1v) is 12.3. The fourth-order valence-corrected chi connectivity index (χ4v) is 4.46. The van der Waals surface area contributed by atoms with Gasteiger partial charge in [-0.05, 0) is 23.3 Å². The highest BCUT2D eigenvalue weighted by atomic mass is 32.1. The van der Waals surface area contributed by atoms with Crippen LogP contribution in [0, 0.1) is 0 Å². The SMILES string of the molecule is COc1ccc(C(=O)N(Cc2ccccc2)Cc2nc(C(=O)NCc3ccccc3)cs2)c(OC)c1. The van der Waals surface area contributed by atoms with E-state index in [4.69, 9.17) is 9.47 Å². The van der Waals surface area contributed by atoms with E-state index in [1.807, 2.05) is 60.7 Å². The predicted molar refractivity (Wildman–Crippen MR) is 139 cm³/mol. The number of hydrogen-bond donors (Lipinski definition) is 1. The van der Waals surface area contributed by atoms with E-state index in [1.165, 1.54) is 18.4 Å². The molecule has 0 spiro atoms. The van der Waals surface area contributed by atoms with Crippen molar-refractivity contribution in [1.29, 1.82) is 0 Å². The number of ether oxygens (including phenoxy) is 2. The summed E-state index contributed by atoms with van der Waals surface area (Å²) in [4.78, 5) is 32.5. The number of thiazole rings is 1. The normalized spacial score (nSPS) is 10.5. The molecule has 0 aliphatic carbocycles. The minimum atomic E-state index is -0.251. The Morgan fingerprint density at radius 2 is 1.58 bits per heavy atom. The van der Waals surface area contributed by atoms with Gasteiger partial charge in [0.2, 0.25) is 0 Å². The Morgan fingerprint density at radius 1 is 0.889 bits per heavy atom. The van der Waals surface area contributed by atoms with Crippen LogP contribution in [0.3, 0.4) is 0 Å². The maximum atomic E-state index is 13.6. The first kappa shape index (κ1) is 24.9. The number of carbonyl (C=O) groups is 2. The van der Waals surface area contributed by atoms with Gasteiger partial charge in [0, 0.05) is 24.5 Å². The van der Waals surface area contributed by atoms with Crippen LogP contribution in [-0.2, 0) is 19.6 Å². The summed E-state index contributed by atoms with van der Waals surface area (Å²) < 4.78 is 10.7. The lowest BCUT2D eigenvalue weighted by molar-refractivity contribution is 0.0726. The molecule has 0 saturated carbocycles. The quantitative estimate of drug-likeness (QED) is 0.333. The van der Waals surface area contributed by atoms with E-state index >= 15 is 0 Å². The van der Waals surface area contributed by atoms with Crippen molar-refractivity contribution >= 4 is 23.2 Å². The first-order valence-electron chi connectivity index (χ1n) is 11.4. The number of rotatable bonds is 10. The minimum Gasteiger partial charge on any atom is -0.497 e. The summed E-state index contributed by atoms with van der Waals surface area (Å²) in [5.41, 5.74) is 2.75. The second-order valence-electron chi connectivity index (χ2n) is 8.01. The summed E-state index contributed by atoms with van der Waals surface area (Å²) in [7, 11) is 3.09. The molecule has 1 aromatic heterocycles. The van der Waals surface area contributed by atoms with Crippen molar-refractivity contribution < 1.29 is 19.1 Å². The summed E-state index contributed by atoms with van der Waals surface area (Å²) in [6, 6.07) is 24.5. The fourth-order valence-electron chi connectivity index (χ4n) is 3.67. The molecule has 0 saturated heterocycles. The van der Waals surface area contributed by atoms with Gasteiger partial charge < -0.3 is 19.7 Å². The Bertz CT molecular complexity index is 1310. The van der Waals surface area contributed by atoms with Crippen LogP contribution in [0.15, 0.2) is 84.2 Å². The Hall–Kier alpha value is -4.17. The number of aromatic nitrogens is 1. The van der Waals surface area contributed by atoms with Crippen LogP contribution in [0.5, 0.6) is 11.5 Å². The summed E-state index contributed by atoms with van der Waals surface area (Å²) >= 11 is 1.35. The van der Waals surface area contributed by atoms with Gasteiger partial charge in [0.1, 0.15) is 22.2 Å².